The zero-order valence-electron chi connectivity index (χ0n) is 16.4. The molecule has 144 valence electrons. The Morgan fingerprint density at radius 3 is 2.70 bits per heavy atom. The predicted molar refractivity (Wildman–Crippen MR) is 106 cm³/mol. The number of unbranched alkanes of at least 4 members (excludes halogenated alkanes) is 1. The Morgan fingerprint density at radius 1 is 1.11 bits per heavy atom. The van der Waals surface area contributed by atoms with Gasteiger partial charge in [-0.05, 0) is 49.9 Å². The van der Waals surface area contributed by atoms with E-state index in [1.54, 1.807) is 0 Å². The zero-order chi connectivity index (χ0) is 19.2. The van der Waals surface area contributed by atoms with Crippen LogP contribution in [0.5, 0.6) is 11.5 Å². The lowest BCUT2D eigenvalue weighted by Gasteiger charge is -2.24. The Labute approximate surface area is 161 Å². The van der Waals surface area contributed by atoms with Crippen LogP contribution in [0.3, 0.4) is 0 Å². The third-order valence-electron chi connectivity index (χ3n) is 4.67. The smallest absolute Gasteiger partial charge is 0.338 e. The molecule has 0 fully saturated rings. The Balaban J connectivity index is 1.91. The summed E-state index contributed by atoms with van der Waals surface area (Å²) in [5.74, 6) is 1.33. The van der Waals surface area contributed by atoms with Crippen molar-refractivity contribution in [2.75, 3.05) is 13.2 Å². The summed E-state index contributed by atoms with van der Waals surface area (Å²) in [5.41, 5.74) is 3.60. The Kier molecular flexibility index (Phi) is 6.51. The predicted octanol–water partition coefficient (Wildman–Crippen LogP) is 5.31. The molecule has 4 nitrogen and oxygen atoms in total. The van der Waals surface area contributed by atoms with E-state index in [2.05, 4.69) is 6.92 Å². The van der Waals surface area contributed by atoms with Gasteiger partial charge in [0.1, 0.15) is 11.5 Å². The van der Waals surface area contributed by atoms with Gasteiger partial charge in [-0.2, -0.15) is 0 Å². The Bertz CT molecular complexity index is 795. The van der Waals surface area contributed by atoms with Crippen molar-refractivity contribution in [3.05, 3.63) is 58.7 Å². The van der Waals surface area contributed by atoms with Gasteiger partial charge in [-0.15, -0.1) is 0 Å². The maximum Gasteiger partial charge on any atom is 0.338 e. The number of benzene rings is 2. The molecule has 1 aliphatic rings. The second-order valence-corrected chi connectivity index (χ2v) is 7.12. The molecule has 2 aromatic rings. The molecule has 1 heterocycles. The van der Waals surface area contributed by atoms with E-state index in [1.165, 1.54) is 0 Å². The molecule has 3 rings (SSSR count). The average molecular weight is 368 g/mol. The average Bonchev–Trinajstić information content (AvgIpc) is 2.66. The molecule has 2 aromatic carbocycles. The van der Waals surface area contributed by atoms with Crippen LogP contribution in [0.25, 0.3) is 0 Å². The topological polar surface area (TPSA) is 44.8 Å². The van der Waals surface area contributed by atoms with Crippen molar-refractivity contribution in [1.82, 2.24) is 0 Å². The number of rotatable bonds is 8. The second kappa shape index (κ2) is 9.05. The fourth-order valence-electron chi connectivity index (χ4n) is 3.26. The summed E-state index contributed by atoms with van der Waals surface area (Å²) in [6.45, 7) is 7.12. The standard InChI is InChI=1S/C23H28O4/c1-4-5-13-26-23(24)22-17(12-14-25-16(2)3)10-11-21-19(22)15-18-8-6-7-9-20(18)27-21/h6-11,16H,4-5,12-15H2,1-3H3. The maximum atomic E-state index is 12.9. The first-order chi connectivity index (χ1) is 13.1. The van der Waals surface area contributed by atoms with E-state index in [-0.39, 0.29) is 12.1 Å². The SMILES string of the molecule is CCCCOC(=O)c1c(CCOC(C)C)ccc2c1Cc1ccccc1O2. The van der Waals surface area contributed by atoms with E-state index in [0.717, 1.165) is 41.0 Å². The number of hydrogen-bond acceptors (Lipinski definition) is 4. The molecule has 0 N–H and O–H groups in total. The molecule has 0 atom stereocenters. The number of esters is 1. The van der Waals surface area contributed by atoms with Crippen LogP contribution < -0.4 is 4.74 Å². The van der Waals surface area contributed by atoms with E-state index >= 15 is 0 Å². The molecule has 0 bridgehead atoms. The van der Waals surface area contributed by atoms with Crippen LogP contribution in [-0.4, -0.2) is 25.3 Å². The Morgan fingerprint density at radius 2 is 1.93 bits per heavy atom. The number of ether oxygens (including phenoxy) is 3. The lowest BCUT2D eigenvalue weighted by molar-refractivity contribution is 0.0495. The van der Waals surface area contributed by atoms with Gasteiger partial charge in [-0.25, -0.2) is 4.79 Å². The van der Waals surface area contributed by atoms with Crippen molar-refractivity contribution in [1.29, 1.82) is 0 Å². The summed E-state index contributed by atoms with van der Waals surface area (Å²) < 4.78 is 17.3. The Hall–Kier alpha value is -2.33. The van der Waals surface area contributed by atoms with Crippen LogP contribution in [0.2, 0.25) is 0 Å². The third kappa shape index (κ3) is 4.69. The highest BCUT2D eigenvalue weighted by molar-refractivity contribution is 5.94. The van der Waals surface area contributed by atoms with Gasteiger partial charge in [0.15, 0.2) is 0 Å². The highest BCUT2D eigenvalue weighted by Crippen LogP contribution is 2.39. The number of carbonyl (C=O) groups is 1. The summed E-state index contributed by atoms with van der Waals surface area (Å²) in [4.78, 5) is 12.9. The van der Waals surface area contributed by atoms with Crippen molar-refractivity contribution in [2.24, 2.45) is 0 Å². The quantitative estimate of drug-likeness (QED) is 0.399. The highest BCUT2D eigenvalue weighted by Gasteiger charge is 2.26. The van der Waals surface area contributed by atoms with E-state index in [0.29, 0.717) is 31.6 Å². The van der Waals surface area contributed by atoms with Crippen molar-refractivity contribution in [3.63, 3.8) is 0 Å². The molecular formula is C23H28O4. The normalized spacial score (nSPS) is 12.3. The number of fused-ring (bicyclic) bond motifs is 2. The summed E-state index contributed by atoms with van der Waals surface area (Å²) >= 11 is 0. The fourth-order valence-corrected chi connectivity index (χ4v) is 3.26. The largest absolute Gasteiger partial charge is 0.462 e. The van der Waals surface area contributed by atoms with Crippen LogP contribution >= 0.6 is 0 Å². The van der Waals surface area contributed by atoms with Gasteiger partial charge in [-0.3, -0.25) is 0 Å². The maximum absolute atomic E-state index is 12.9. The first-order valence-corrected chi connectivity index (χ1v) is 9.79. The van der Waals surface area contributed by atoms with Gasteiger partial charge in [0.05, 0.1) is 24.9 Å². The van der Waals surface area contributed by atoms with E-state index in [9.17, 15) is 4.79 Å². The molecule has 0 aliphatic carbocycles. The zero-order valence-corrected chi connectivity index (χ0v) is 16.4. The van der Waals surface area contributed by atoms with Gasteiger partial charge in [0.25, 0.3) is 0 Å². The molecule has 4 heteroatoms. The van der Waals surface area contributed by atoms with Crippen LogP contribution in [0.1, 0.15) is 60.7 Å². The van der Waals surface area contributed by atoms with Gasteiger partial charge in [0.2, 0.25) is 0 Å². The minimum Gasteiger partial charge on any atom is -0.462 e. The van der Waals surface area contributed by atoms with E-state index in [1.807, 2.05) is 50.2 Å². The summed E-state index contributed by atoms with van der Waals surface area (Å²) in [7, 11) is 0. The monoisotopic (exact) mass is 368 g/mol. The molecule has 0 radical (unpaired) electrons. The van der Waals surface area contributed by atoms with Crippen molar-refractivity contribution in [3.8, 4) is 11.5 Å². The summed E-state index contributed by atoms with van der Waals surface area (Å²) in [5, 5.41) is 0. The van der Waals surface area contributed by atoms with E-state index in [4.69, 9.17) is 14.2 Å². The van der Waals surface area contributed by atoms with Gasteiger partial charge in [-0.1, -0.05) is 37.6 Å². The molecule has 0 saturated heterocycles. The lowest BCUT2D eigenvalue weighted by atomic mass is 9.91. The highest BCUT2D eigenvalue weighted by atomic mass is 16.5. The molecule has 0 saturated carbocycles. The fraction of sp³-hybridized carbons (Fsp3) is 0.435. The third-order valence-corrected chi connectivity index (χ3v) is 4.67. The molecule has 0 spiro atoms. The van der Waals surface area contributed by atoms with Crippen molar-refractivity contribution < 1.29 is 19.0 Å². The van der Waals surface area contributed by atoms with Crippen molar-refractivity contribution >= 4 is 5.97 Å². The minimum absolute atomic E-state index is 0.165. The number of para-hydroxylation sites is 1. The molecule has 0 aromatic heterocycles. The van der Waals surface area contributed by atoms with Crippen molar-refractivity contribution in [2.45, 2.75) is 52.6 Å². The number of carbonyl (C=O) groups excluding carboxylic acids is 1. The van der Waals surface area contributed by atoms with Crippen LogP contribution in [0.15, 0.2) is 36.4 Å². The first kappa shape index (κ1) is 19.4. The van der Waals surface area contributed by atoms with Gasteiger partial charge in [0, 0.05) is 12.0 Å². The minimum atomic E-state index is -0.261. The second-order valence-electron chi connectivity index (χ2n) is 7.12. The molecule has 1 aliphatic heterocycles. The molecule has 27 heavy (non-hydrogen) atoms. The van der Waals surface area contributed by atoms with E-state index < -0.39 is 0 Å². The van der Waals surface area contributed by atoms with Gasteiger partial charge < -0.3 is 14.2 Å². The lowest BCUT2D eigenvalue weighted by Crippen LogP contribution is -2.17. The molecular weight excluding hydrogens is 340 g/mol. The number of hydrogen-bond donors (Lipinski definition) is 0. The molecule has 0 amide bonds. The van der Waals surface area contributed by atoms with Crippen LogP contribution in [0.4, 0.5) is 0 Å². The molecule has 0 unspecified atom stereocenters. The van der Waals surface area contributed by atoms with Crippen LogP contribution in [0, 0.1) is 0 Å². The van der Waals surface area contributed by atoms with Crippen LogP contribution in [-0.2, 0) is 22.3 Å². The summed E-state index contributed by atoms with van der Waals surface area (Å²) in [6.07, 6.45) is 3.36. The first-order valence-electron chi connectivity index (χ1n) is 9.79. The summed E-state index contributed by atoms with van der Waals surface area (Å²) in [6, 6.07) is 11.9. The van der Waals surface area contributed by atoms with Gasteiger partial charge >= 0.3 is 5.97 Å².